The zero-order valence-corrected chi connectivity index (χ0v) is 16.0. The Bertz CT molecular complexity index is 779. The normalized spacial score (nSPS) is 20.3. The Labute approximate surface area is 160 Å². The number of ether oxygens (including phenoxy) is 1. The summed E-state index contributed by atoms with van der Waals surface area (Å²) in [5.74, 6) is 1.19. The number of fused-ring (bicyclic) bond motifs is 1. The summed E-state index contributed by atoms with van der Waals surface area (Å²) >= 11 is 0. The van der Waals surface area contributed by atoms with Gasteiger partial charge in [-0.3, -0.25) is 9.69 Å². The second-order valence-corrected chi connectivity index (χ2v) is 7.67. The largest absolute Gasteiger partial charge is 0.455 e. The first-order valence-corrected chi connectivity index (χ1v) is 9.94. The number of carbonyl (C=O) groups is 1. The second kappa shape index (κ2) is 8.28. The molecule has 0 N–H and O–H groups in total. The molecule has 1 fully saturated rings. The second-order valence-electron chi connectivity index (χ2n) is 7.67. The van der Waals surface area contributed by atoms with Crippen molar-refractivity contribution in [1.82, 2.24) is 9.80 Å². The number of rotatable bonds is 5. The van der Waals surface area contributed by atoms with Gasteiger partial charge in [-0.1, -0.05) is 24.3 Å². The summed E-state index contributed by atoms with van der Waals surface area (Å²) in [6.07, 6.45) is 4.54. The smallest absolute Gasteiger partial charge is 0.289 e. The Balaban J connectivity index is 1.33. The molecule has 5 heteroatoms. The van der Waals surface area contributed by atoms with E-state index in [2.05, 4.69) is 29.2 Å². The minimum atomic E-state index is -0.0700. The van der Waals surface area contributed by atoms with Gasteiger partial charge in [-0.15, -0.1) is 0 Å². The van der Waals surface area contributed by atoms with E-state index in [1.54, 1.807) is 11.0 Å². The van der Waals surface area contributed by atoms with Crippen LogP contribution in [0, 0.1) is 0 Å². The lowest BCUT2D eigenvalue weighted by Crippen LogP contribution is -2.37. The Morgan fingerprint density at radius 3 is 2.85 bits per heavy atom. The van der Waals surface area contributed by atoms with Crippen molar-refractivity contribution in [3.05, 3.63) is 59.0 Å². The topological polar surface area (TPSA) is 45.9 Å². The molecule has 0 spiro atoms. The standard InChI is InChI=1S/C22H28N2O3/c1-23(15-19-8-4-5-13-26-19)22(25)21-10-9-20(27-21)16-24-12-11-17-6-2-3-7-18(17)14-24/h2-3,6-7,9-10,19H,4-5,8,11-16H2,1H3/t19-/m1/s1. The molecule has 2 aliphatic rings. The van der Waals surface area contributed by atoms with E-state index in [-0.39, 0.29) is 12.0 Å². The third-order valence-electron chi connectivity index (χ3n) is 5.56. The van der Waals surface area contributed by atoms with Gasteiger partial charge in [-0.05, 0) is 48.9 Å². The Hall–Kier alpha value is -2.11. The van der Waals surface area contributed by atoms with Crippen molar-refractivity contribution in [2.24, 2.45) is 0 Å². The van der Waals surface area contributed by atoms with Gasteiger partial charge in [0.05, 0.1) is 12.6 Å². The van der Waals surface area contributed by atoms with E-state index in [0.29, 0.717) is 12.3 Å². The highest BCUT2D eigenvalue weighted by Crippen LogP contribution is 2.21. The van der Waals surface area contributed by atoms with E-state index >= 15 is 0 Å². The molecule has 1 aromatic carbocycles. The van der Waals surface area contributed by atoms with Gasteiger partial charge in [0.25, 0.3) is 5.91 Å². The van der Waals surface area contributed by atoms with Gasteiger partial charge in [0.2, 0.25) is 0 Å². The first kappa shape index (κ1) is 18.3. The summed E-state index contributed by atoms with van der Waals surface area (Å²) in [6, 6.07) is 12.3. The Morgan fingerprint density at radius 1 is 1.19 bits per heavy atom. The Kier molecular flexibility index (Phi) is 5.60. The van der Waals surface area contributed by atoms with Crippen LogP contribution in [0.2, 0.25) is 0 Å². The molecule has 0 unspecified atom stereocenters. The summed E-state index contributed by atoms with van der Waals surface area (Å²) in [6.45, 7) is 4.10. The number of hydrogen-bond acceptors (Lipinski definition) is 4. The maximum absolute atomic E-state index is 12.7. The van der Waals surface area contributed by atoms with Crippen LogP contribution < -0.4 is 0 Å². The van der Waals surface area contributed by atoms with Crippen molar-refractivity contribution in [3.8, 4) is 0 Å². The van der Waals surface area contributed by atoms with E-state index in [0.717, 1.165) is 51.3 Å². The maximum atomic E-state index is 12.7. The van der Waals surface area contributed by atoms with Crippen molar-refractivity contribution in [1.29, 1.82) is 0 Å². The van der Waals surface area contributed by atoms with E-state index < -0.39 is 0 Å². The fourth-order valence-corrected chi connectivity index (χ4v) is 4.02. The zero-order valence-electron chi connectivity index (χ0n) is 16.0. The molecule has 1 aromatic heterocycles. The highest BCUT2D eigenvalue weighted by atomic mass is 16.5. The van der Waals surface area contributed by atoms with Gasteiger partial charge < -0.3 is 14.1 Å². The predicted molar refractivity (Wildman–Crippen MR) is 104 cm³/mol. The molecule has 2 aliphatic heterocycles. The molecule has 4 rings (SSSR count). The average molecular weight is 368 g/mol. The van der Waals surface area contributed by atoms with Gasteiger partial charge in [0.1, 0.15) is 5.76 Å². The summed E-state index contributed by atoms with van der Waals surface area (Å²) in [7, 11) is 1.82. The van der Waals surface area contributed by atoms with Crippen LogP contribution in [-0.4, -0.2) is 48.6 Å². The maximum Gasteiger partial charge on any atom is 0.289 e. The lowest BCUT2D eigenvalue weighted by Gasteiger charge is -2.28. The molecule has 0 bridgehead atoms. The van der Waals surface area contributed by atoms with Crippen LogP contribution in [0.3, 0.4) is 0 Å². The summed E-state index contributed by atoms with van der Waals surface area (Å²) < 4.78 is 11.6. The number of carbonyl (C=O) groups excluding carboxylic acids is 1. The average Bonchev–Trinajstić information content (AvgIpc) is 3.16. The van der Waals surface area contributed by atoms with E-state index in [1.807, 2.05) is 13.1 Å². The number of benzene rings is 1. The lowest BCUT2D eigenvalue weighted by molar-refractivity contribution is -0.000753. The number of hydrogen-bond donors (Lipinski definition) is 0. The molecule has 1 amide bonds. The van der Waals surface area contributed by atoms with Crippen LogP contribution in [0.5, 0.6) is 0 Å². The molecule has 2 aromatic rings. The first-order valence-electron chi connectivity index (χ1n) is 9.94. The summed E-state index contributed by atoms with van der Waals surface area (Å²) in [5.41, 5.74) is 2.83. The molecular weight excluding hydrogens is 340 g/mol. The third kappa shape index (κ3) is 4.42. The highest BCUT2D eigenvalue weighted by molar-refractivity contribution is 5.91. The molecule has 0 aliphatic carbocycles. The minimum absolute atomic E-state index is 0.0700. The third-order valence-corrected chi connectivity index (χ3v) is 5.56. The Morgan fingerprint density at radius 2 is 2.04 bits per heavy atom. The quantitative estimate of drug-likeness (QED) is 0.811. The van der Waals surface area contributed by atoms with Crippen molar-refractivity contribution < 1.29 is 13.9 Å². The molecule has 3 heterocycles. The van der Waals surface area contributed by atoms with Crippen LogP contribution in [-0.2, 0) is 24.2 Å². The van der Waals surface area contributed by atoms with Gasteiger partial charge in [-0.2, -0.15) is 0 Å². The summed E-state index contributed by atoms with van der Waals surface area (Å²) in [5, 5.41) is 0. The molecular formula is C22H28N2O3. The first-order chi connectivity index (χ1) is 13.2. The van der Waals surface area contributed by atoms with Crippen molar-refractivity contribution >= 4 is 5.91 Å². The van der Waals surface area contributed by atoms with Crippen molar-refractivity contribution in [2.75, 3.05) is 26.7 Å². The van der Waals surface area contributed by atoms with Crippen molar-refractivity contribution in [2.45, 2.75) is 44.9 Å². The van der Waals surface area contributed by atoms with Crippen LogP contribution in [0.15, 0.2) is 40.8 Å². The van der Waals surface area contributed by atoms with E-state index in [9.17, 15) is 4.79 Å². The number of nitrogens with zero attached hydrogens (tertiary/aromatic N) is 2. The molecule has 0 saturated carbocycles. The molecule has 27 heavy (non-hydrogen) atoms. The lowest BCUT2D eigenvalue weighted by atomic mass is 10.00. The van der Waals surface area contributed by atoms with Gasteiger partial charge in [-0.25, -0.2) is 0 Å². The number of furan rings is 1. The fraction of sp³-hybridized carbons (Fsp3) is 0.500. The highest BCUT2D eigenvalue weighted by Gasteiger charge is 2.23. The zero-order chi connectivity index (χ0) is 18.6. The molecule has 1 saturated heterocycles. The van der Waals surface area contributed by atoms with Gasteiger partial charge in [0.15, 0.2) is 5.76 Å². The molecule has 5 nitrogen and oxygen atoms in total. The number of amides is 1. The van der Waals surface area contributed by atoms with Crippen LogP contribution in [0.25, 0.3) is 0 Å². The van der Waals surface area contributed by atoms with Gasteiger partial charge >= 0.3 is 0 Å². The predicted octanol–water partition coefficient (Wildman–Crippen LogP) is 3.48. The van der Waals surface area contributed by atoms with E-state index in [4.69, 9.17) is 9.15 Å². The van der Waals surface area contributed by atoms with Crippen LogP contribution >= 0.6 is 0 Å². The molecule has 0 radical (unpaired) electrons. The minimum Gasteiger partial charge on any atom is -0.455 e. The molecule has 1 atom stereocenters. The fourth-order valence-electron chi connectivity index (χ4n) is 4.02. The molecule has 144 valence electrons. The van der Waals surface area contributed by atoms with E-state index in [1.165, 1.54) is 17.5 Å². The van der Waals surface area contributed by atoms with Gasteiger partial charge in [0, 0.05) is 33.3 Å². The van der Waals surface area contributed by atoms with Crippen molar-refractivity contribution in [3.63, 3.8) is 0 Å². The summed E-state index contributed by atoms with van der Waals surface area (Å²) in [4.78, 5) is 16.7. The van der Waals surface area contributed by atoms with Crippen LogP contribution in [0.1, 0.15) is 46.7 Å². The number of likely N-dealkylation sites (N-methyl/N-ethyl adjacent to an activating group) is 1. The monoisotopic (exact) mass is 368 g/mol. The SMILES string of the molecule is CN(C[C@H]1CCCCO1)C(=O)c1ccc(CN2CCc3ccccc3C2)o1. The van der Waals surface area contributed by atoms with Crippen LogP contribution in [0.4, 0.5) is 0 Å².